The molecule has 1 fully saturated rings. The van der Waals surface area contributed by atoms with E-state index in [2.05, 4.69) is 5.32 Å². The molecule has 1 aliphatic rings. The zero-order valence-corrected chi connectivity index (χ0v) is 9.16. The highest BCUT2D eigenvalue weighted by Crippen LogP contribution is 2.11. The average Bonchev–Trinajstić information content (AvgIpc) is 2.14. The molecule has 1 saturated heterocycles. The molecule has 2 N–H and O–H groups in total. The first-order valence-electron chi connectivity index (χ1n) is 4.83. The average molecular weight is 233 g/mol. The van der Waals surface area contributed by atoms with Gasteiger partial charge in [0, 0.05) is 18.7 Å². The van der Waals surface area contributed by atoms with Gasteiger partial charge in [-0.1, -0.05) is 6.08 Å². The van der Waals surface area contributed by atoms with Crippen LogP contribution in [0.4, 0.5) is 0 Å². The standard InChI is InChI=1S/C9H15NO4S/c11-9(12)2-1-5-10-8-3-6-15(13,14)7-4-8/h1-2,8,10H,3-7H2,(H,11,12). The van der Waals surface area contributed by atoms with Gasteiger partial charge in [0.1, 0.15) is 9.84 Å². The van der Waals surface area contributed by atoms with E-state index in [1.165, 1.54) is 6.08 Å². The van der Waals surface area contributed by atoms with Crippen LogP contribution in [-0.4, -0.2) is 43.6 Å². The van der Waals surface area contributed by atoms with E-state index < -0.39 is 15.8 Å². The van der Waals surface area contributed by atoms with Crippen LogP contribution >= 0.6 is 0 Å². The molecule has 0 spiro atoms. The molecule has 1 rings (SSSR count). The molecule has 0 aromatic heterocycles. The number of hydrogen-bond acceptors (Lipinski definition) is 4. The summed E-state index contributed by atoms with van der Waals surface area (Å²) in [4.78, 5) is 10.1. The number of rotatable bonds is 4. The fourth-order valence-electron chi connectivity index (χ4n) is 1.49. The second-order valence-corrected chi connectivity index (χ2v) is 5.88. The Morgan fingerprint density at radius 1 is 1.40 bits per heavy atom. The van der Waals surface area contributed by atoms with Gasteiger partial charge in [-0.05, 0) is 12.8 Å². The van der Waals surface area contributed by atoms with E-state index in [1.807, 2.05) is 0 Å². The summed E-state index contributed by atoms with van der Waals surface area (Å²) < 4.78 is 22.2. The van der Waals surface area contributed by atoms with Crippen LogP contribution < -0.4 is 5.32 Å². The molecule has 5 nitrogen and oxygen atoms in total. The zero-order valence-electron chi connectivity index (χ0n) is 8.35. The molecule has 0 aromatic rings. The van der Waals surface area contributed by atoms with Crippen molar-refractivity contribution in [3.05, 3.63) is 12.2 Å². The summed E-state index contributed by atoms with van der Waals surface area (Å²) in [6.07, 6.45) is 3.82. The number of carboxylic acid groups (broad SMARTS) is 1. The van der Waals surface area contributed by atoms with E-state index in [0.29, 0.717) is 19.4 Å². The molecule has 1 heterocycles. The normalized spacial score (nSPS) is 21.9. The van der Waals surface area contributed by atoms with E-state index >= 15 is 0 Å². The van der Waals surface area contributed by atoms with Gasteiger partial charge in [-0.15, -0.1) is 0 Å². The van der Waals surface area contributed by atoms with Crippen molar-refractivity contribution in [3.63, 3.8) is 0 Å². The maximum absolute atomic E-state index is 11.1. The lowest BCUT2D eigenvalue weighted by atomic mass is 10.1. The molecular weight excluding hydrogens is 218 g/mol. The molecule has 6 heteroatoms. The van der Waals surface area contributed by atoms with Gasteiger partial charge in [-0.3, -0.25) is 0 Å². The summed E-state index contributed by atoms with van der Waals surface area (Å²) in [5.41, 5.74) is 0. The molecule has 86 valence electrons. The minimum absolute atomic E-state index is 0.187. The van der Waals surface area contributed by atoms with Crippen molar-refractivity contribution in [2.75, 3.05) is 18.1 Å². The Morgan fingerprint density at radius 2 is 2.00 bits per heavy atom. The highest BCUT2D eigenvalue weighted by atomic mass is 32.2. The highest BCUT2D eigenvalue weighted by Gasteiger charge is 2.22. The Labute approximate surface area is 89.1 Å². The summed E-state index contributed by atoms with van der Waals surface area (Å²) in [5, 5.41) is 11.4. The molecule has 0 atom stereocenters. The minimum atomic E-state index is -2.81. The first-order chi connectivity index (χ1) is 6.99. The Hall–Kier alpha value is -0.880. The molecule has 0 saturated carbocycles. The van der Waals surface area contributed by atoms with Crippen LogP contribution in [0.1, 0.15) is 12.8 Å². The summed E-state index contributed by atoms with van der Waals surface area (Å²) in [5.74, 6) is -0.510. The van der Waals surface area contributed by atoms with Gasteiger partial charge in [0.15, 0.2) is 0 Å². The van der Waals surface area contributed by atoms with E-state index in [1.54, 1.807) is 0 Å². The number of carbonyl (C=O) groups is 1. The SMILES string of the molecule is O=C(O)C=CCNC1CCS(=O)(=O)CC1. The number of carboxylic acids is 1. The van der Waals surface area contributed by atoms with Gasteiger partial charge in [-0.25, -0.2) is 13.2 Å². The van der Waals surface area contributed by atoms with Gasteiger partial charge in [0.05, 0.1) is 11.5 Å². The Bertz CT molecular complexity index is 333. The van der Waals surface area contributed by atoms with Crippen LogP contribution in [0.25, 0.3) is 0 Å². The van der Waals surface area contributed by atoms with Crippen molar-refractivity contribution >= 4 is 15.8 Å². The van der Waals surface area contributed by atoms with Crippen molar-refractivity contribution in [1.82, 2.24) is 5.32 Å². The third-order valence-electron chi connectivity index (χ3n) is 2.34. The summed E-state index contributed by atoms with van der Waals surface area (Å²) in [7, 11) is -2.81. The quantitative estimate of drug-likeness (QED) is 0.657. The van der Waals surface area contributed by atoms with E-state index in [-0.39, 0.29) is 17.5 Å². The number of nitrogens with one attached hydrogen (secondary N) is 1. The van der Waals surface area contributed by atoms with E-state index in [4.69, 9.17) is 5.11 Å². The van der Waals surface area contributed by atoms with Gasteiger partial charge in [0.2, 0.25) is 0 Å². The lowest BCUT2D eigenvalue weighted by Gasteiger charge is -2.22. The second kappa shape index (κ2) is 5.27. The van der Waals surface area contributed by atoms with Crippen molar-refractivity contribution in [3.8, 4) is 0 Å². The molecular formula is C9H15NO4S. The fourth-order valence-corrected chi connectivity index (χ4v) is 2.98. The van der Waals surface area contributed by atoms with E-state index in [0.717, 1.165) is 6.08 Å². The Kier molecular flexibility index (Phi) is 4.28. The topological polar surface area (TPSA) is 83.5 Å². The van der Waals surface area contributed by atoms with Crippen molar-refractivity contribution in [1.29, 1.82) is 0 Å². The third kappa shape index (κ3) is 4.94. The number of hydrogen-bond donors (Lipinski definition) is 2. The van der Waals surface area contributed by atoms with Crippen molar-refractivity contribution in [2.24, 2.45) is 0 Å². The highest BCUT2D eigenvalue weighted by molar-refractivity contribution is 7.91. The van der Waals surface area contributed by atoms with Gasteiger partial charge in [-0.2, -0.15) is 0 Å². The summed E-state index contributed by atoms with van der Waals surface area (Å²) in [6.45, 7) is 0.469. The maximum atomic E-state index is 11.1. The molecule has 15 heavy (non-hydrogen) atoms. The molecule has 0 aromatic carbocycles. The maximum Gasteiger partial charge on any atom is 0.328 e. The first kappa shape index (κ1) is 12.2. The van der Waals surface area contributed by atoms with Gasteiger partial charge in [0.25, 0.3) is 0 Å². The lowest BCUT2D eigenvalue weighted by molar-refractivity contribution is -0.131. The van der Waals surface area contributed by atoms with Crippen LogP contribution in [0.2, 0.25) is 0 Å². The predicted octanol–water partition coefficient (Wildman–Crippen LogP) is -0.206. The lowest BCUT2D eigenvalue weighted by Crippen LogP contribution is -2.37. The third-order valence-corrected chi connectivity index (χ3v) is 4.05. The molecule has 0 aliphatic carbocycles. The van der Waals surface area contributed by atoms with Gasteiger partial charge >= 0.3 is 5.97 Å². The van der Waals surface area contributed by atoms with Crippen molar-refractivity contribution < 1.29 is 18.3 Å². The molecule has 1 aliphatic heterocycles. The second-order valence-electron chi connectivity index (χ2n) is 3.57. The van der Waals surface area contributed by atoms with Crippen molar-refractivity contribution in [2.45, 2.75) is 18.9 Å². The van der Waals surface area contributed by atoms with Crippen LogP contribution in [0.15, 0.2) is 12.2 Å². The molecule has 0 bridgehead atoms. The first-order valence-corrected chi connectivity index (χ1v) is 6.65. The molecule has 0 amide bonds. The Morgan fingerprint density at radius 3 is 2.53 bits per heavy atom. The molecule has 0 unspecified atom stereocenters. The predicted molar refractivity (Wildman–Crippen MR) is 56.5 cm³/mol. The number of sulfone groups is 1. The number of aliphatic carboxylic acids is 1. The largest absolute Gasteiger partial charge is 0.478 e. The van der Waals surface area contributed by atoms with Crippen LogP contribution in [-0.2, 0) is 14.6 Å². The van der Waals surface area contributed by atoms with Crippen LogP contribution in [0.5, 0.6) is 0 Å². The Balaban J connectivity index is 2.22. The molecule has 0 radical (unpaired) electrons. The van der Waals surface area contributed by atoms with Gasteiger partial charge < -0.3 is 10.4 Å². The van der Waals surface area contributed by atoms with Crippen LogP contribution in [0, 0.1) is 0 Å². The smallest absolute Gasteiger partial charge is 0.328 e. The minimum Gasteiger partial charge on any atom is -0.478 e. The summed E-state index contributed by atoms with van der Waals surface area (Å²) >= 11 is 0. The van der Waals surface area contributed by atoms with Crippen LogP contribution in [0.3, 0.4) is 0 Å². The van der Waals surface area contributed by atoms with E-state index in [9.17, 15) is 13.2 Å². The summed E-state index contributed by atoms with van der Waals surface area (Å²) in [6, 6.07) is 0.187. The zero-order chi connectivity index (χ0) is 11.3. The monoisotopic (exact) mass is 233 g/mol. The fraction of sp³-hybridized carbons (Fsp3) is 0.667.